The van der Waals surface area contributed by atoms with E-state index in [1.807, 2.05) is 0 Å². The third-order valence-electron chi connectivity index (χ3n) is 2.64. The Morgan fingerprint density at radius 2 is 1.94 bits per heavy atom. The highest BCUT2D eigenvalue weighted by Gasteiger charge is 2.48. The van der Waals surface area contributed by atoms with Crippen LogP contribution >= 0.6 is 0 Å². The lowest BCUT2D eigenvalue weighted by Gasteiger charge is -2.01. The zero-order valence-electron chi connectivity index (χ0n) is 8.11. The molecule has 1 N–H and O–H groups in total. The number of carbonyl (C=O) groups excluding carboxylic acids is 1. The summed E-state index contributed by atoms with van der Waals surface area (Å²) in [6, 6.07) is 2.57. The van der Waals surface area contributed by atoms with Crippen molar-refractivity contribution in [2.45, 2.75) is 6.42 Å². The molecule has 0 spiro atoms. The van der Waals surface area contributed by atoms with Crippen LogP contribution in [-0.2, 0) is 4.79 Å². The van der Waals surface area contributed by atoms with Crippen LogP contribution in [0.5, 0.6) is 0 Å². The Labute approximate surface area is 89.7 Å². The van der Waals surface area contributed by atoms with Crippen LogP contribution < -0.4 is 0 Å². The molecule has 2 unspecified atom stereocenters. The van der Waals surface area contributed by atoms with Gasteiger partial charge in [0.25, 0.3) is 0 Å². The van der Waals surface area contributed by atoms with Crippen LogP contribution in [0.2, 0.25) is 0 Å². The van der Waals surface area contributed by atoms with Gasteiger partial charge in [0.2, 0.25) is 0 Å². The predicted molar refractivity (Wildman–Crippen MR) is 49.9 cm³/mol. The summed E-state index contributed by atoms with van der Waals surface area (Å²) in [5, 5.41) is 8.62. The predicted octanol–water partition coefficient (Wildman–Crippen LogP) is 1.87. The lowest BCUT2D eigenvalue weighted by Crippen LogP contribution is -2.10. The van der Waals surface area contributed by atoms with Crippen LogP contribution in [0.4, 0.5) is 8.78 Å². The smallest absolute Gasteiger partial charge is 0.307 e. The van der Waals surface area contributed by atoms with Gasteiger partial charge in [0, 0.05) is 5.92 Å². The van der Waals surface area contributed by atoms with E-state index in [4.69, 9.17) is 5.11 Å². The molecule has 84 valence electrons. The van der Waals surface area contributed by atoms with Crippen LogP contribution in [0.1, 0.15) is 16.8 Å². The van der Waals surface area contributed by atoms with E-state index in [9.17, 15) is 18.4 Å². The topological polar surface area (TPSA) is 54.4 Å². The van der Waals surface area contributed by atoms with Gasteiger partial charge in [0.05, 0.1) is 11.5 Å². The van der Waals surface area contributed by atoms with Crippen LogP contribution in [0.25, 0.3) is 0 Å². The molecule has 1 aliphatic rings. The molecule has 1 aliphatic carbocycles. The van der Waals surface area contributed by atoms with Crippen LogP contribution in [-0.4, -0.2) is 16.9 Å². The van der Waals surface area contributed by atoms with Crippen molar-refractivity contribution in [1.82, 2.24) is 0 Å². The second-order valence-electron chi connectivity index (χ2n) is 3.78. The zero-order chi connectivity index (χ0) is 11.9. The van der Waals surface area contributed by atoms with Crippen molar-refractivity contribution in [2.24, 2.45) is 11.8 Å². The van der Waals surface area contributed by atoms with E-state index < -0.39 is 35.2 Å². The maximum Gasteiger partial charge on any atom is 0.307 e. The molecule has 0 aliphatic heterocycles. The Kier molecular flexibility index (Phi) is 2.46. The first-order chi connectivity index (χ1) is 7.50. The molecule has 0 amide bonds. The van der Waals surface area contributed by atoms with Gasteiger partial charge in [-0.25, -0.2) is 8.78 Å². The first-order valence-electron chi connectivity index (χ1n) is 4.73. The number of halogens is 2. The molecule has 1 saturated carbocycles. The van der Waals surface area contributed by atoms with Crippen molar-refractivity contribution >= 4 is 11.8 Å². The maximum atomic E-state index is 13.2. The van der Waals surface area contributed by atoms with E-state index in [-0.39, 0.29) is 12.0 Å². The van der Waals surface area contributed by atoms with E-state index in [1.54, 1.807) is 0 Å². The summed E-state index contributed by atoms with van der Waals surface area (Å²) in [7, 11) is 0. The third-order valence-corrected chi connectivity index (χ3v) is 2.64. The average Bonchev–Trinajstić information content (AvgIpc) is 3.00. The van der Waals surface area contributed by atoms with E-state index in [2.05, 4.69) is 0 Å². The van der Waals surface area contributed by atoms with E-state index in [0.29, 0.717) is 0 Å². The molecule has 16 heavy (non-hydrogen) atoms. The monoisotopic (exact) mass is 226 g/mol. The fourth-order valence-corrected chi connectivity index (χ4v) is 1.64. The summed E-state index contributed by atoms with van der Waals surface area (Å²) in [5.41, 5.74) is -0.367. The largest absolute Gasteiger partial charge is 0.481 e. The Morgan fingerprint density at radius 1 is 1.25 bits per heavy atom. The van der Waals surface area contributed by atoms with Gasteiger partial charge in [-0.1, -0.05) is 0 Å². The molecule has 0 heterocycles. The van der Waals surface area contributed by atoms with Gasteiger partial charge in [-0.2, -0.15) is 0 Å². The number of carboxylic acid groups (broad SMARTS) is 1. The van der Waals surface area contributed by atoms with E-state index in [1.165, 1.54) is 0 Å². The first kappa shape index (κ1) is 10.7. The van der Waals surface area contributed by atoms with Gasteiger partial charge in [-0.05, 0) is 24.6 Å². The van der Waals surface area contributed by atoms with Crippen molar-refractivity contribution in [3.05, 3.63) is 35.4 Å². The number of Topliss-reactive ketones (excluding diaryl/α,β-unsaturated/α-hetero) is 1. The summed E-state index contributed by atoms with van der Waals surface area (Å²) in [6.45, 7) is 0. The molecule has 2 rings (SSSR count). The van der Waals surface area contributed by atoms with Gasteiger partial charge < -0.3 is 5.11 Å². The summed E-state index contributed by atoms with van der Waals surface area (Å²) in [6.07, 6.45) is 0.199. The van der Waals surface area contributed by atoms with Crippen LogP contribution in [0, 0.1) is 23.5 Å². The number of carboxylic acids is 1. The summed E-state index contributed by atoms with van der Waals surface area (Å²) in [4.78, 5) is 22.2. The fourth-order valence-electron chi connectivity index (χ4n) is 1.64. The molecule has 0 bridgehead atoms. The minimum Gasteiger partial charge on any atom is -0.481 e. The number of aliphatic carboxylic acids is 1. The van der Waals surface area contributed by atoms with E-state index >= 15 is 0 Å². The van der Waals surface area contributed by atoms with Gasteiger partial charge in [0.15, 0.2) is 5.78 Å². The summed E-state index contributed by atoms with van der Waals surface area (Å²) in [5.74, 6) is -4.71. The normalized spacial score (nSPS) is 22.9. The zero-order valence-corrected chi connectivity index (χ0v) is 8.11. The average molecular weight is 226 g/mol. The lowest BCUT2D eigenvalue weighted by atomic mass is 10.1. The molecule has 1 aromatic rings. The third kappa shape index (κ3) is 1.80. The van der Waals surface area contributed by atoms with Crippen molar-refractivity contribution in [3.8, 4) is 0 Å². The van der Waals surface area contributed by atoms with Crippen molar-refractivity contribution in [3.63, 3.8) is 0 Å². The van der Waals surface area contributed by atoms with Gasteiger partial charge >= 0.3 is 5.97 Å². The van der Waals surface area contributed by atoms with Crippen molar-refractivity contribution in [1.29, 1.82) is 0 Å². The fraction of sp³-hybridized carbons (Fsp3) is 0.273. The summed E-state index contributed by atoms with van der Waals surface area (Å²) >= 11 is 0. The van der Waals surface area contributed by atoms with Gasteiger partial charge in [0.1, 0.15) is 11.6 Å². The Balaban J connectivity index is 2.23. The molecule has 5 heteroatoms. The van der Waals surface area contributed by atoms with Crippen LogP contribution in [0.3, 0.4) is 0 Å². The molecule has 1 fully saturated rings. The highest BCUT2D eigenvalue weighted by Crippen LogP contribution is 2.41. The van der Waals surface area contributed by atoms with E-state index in [0.717, 1.165) is 18.2 Å². The highest BCUT2D eigenvalue weighted by atomic mass is 19.1. The molecule has 2 atom stereocenters. The second-order valence-corrected chi connectivity index (χ2v) is 3.78. The molecule has 0 aromatic heterocycles. The van der Waals surface area contributed by atoms with Gasteiger partial charge in [-0.3, -0.25) is 9.59 Å². The molecular weight excluding hydrogens is 218 g/mol. The SMILES string of the molecule is O=C(O)C1CC1C(=O)c1cc(F)ccc1F. The molecule has 0 radical (unpaired) electrons. The minimum atomic E-state index is -1.07. The lowest BCUT2D eigenvalue weighted by molar-refractivity contribution is -0.138. The maximum absolute atomic E-state index is 13.2. The number of carbonyl (C=O) groups is 2. The number of ketones is 1. The quantitative estimate of drug-likeness (QED) is 0.800. The Hall–Kier alpha value is -1.78. The first-order valence-corrected chi connectivity index (χ1v) is 4.73. The van der Waals surface area contributed by atoms with Crippen molar-refractivity contribution < 1.29 is 23.5 Å². The molecule has 1 aromatic carbocycles. The number of hydrogen-bond donors (Lipinski definition) is 1. The number of rotatable bonds is 3. The standard InChI is InChI=1S/C11H8F2O3/c12-5-1-2-9(13)8(3-5)10(14)6-4-7(6)11(15)16/h1-3,6-7H,4H2,(H,15,16). The highest BCUT2D eigenvalue weighted by molar-refractivity contribution is 6.02. The Morgan fingerprint density at radius 3 is 2.50 bits per heavy atom. The minimum absolute atomic E-state index is 0.199. The van der Waals surface area contributed by atoms with Gasteiger partial charge in [-0.15, -0.1) is 0 Å². The van der Waals surface area contributed by atoms with Crippen LogP contribution in [0.15, 0.2) is 18.2 Å². The molecular formula is C11H8F2O3. The number of benzene rings is 1. The Bertz CT molecular complexity index is 470. The van der Waals surface area contributed by atoms with Crippen molar-refractivity contribution in [2.75, 3.05) is 0 Å². The molecule has 0 saturated heterocycles. The summed E-state index contributed by atoms with van der Waals surface area (Å²) < 4.78 is 26.0. The second kappa shape index (κ2) is 3.66. The molecule has 3 nitrogen and oxygen atoms in total. The number of hydrogen-bond acceptors (Lipinski definition) is 2.